The smallest absolute Gasteiger partial charge is 0.175 e. The Bertz CT molecular complexity index is 880. The van der Waals surface area contributed by atoms with E-state index in [2.05, 4.69) is 4.98 Å². The predicted octanol–water partition coefficient (Wildman–Crippen LogP) is 3.89. The first-order chi connectivity index (χ1) is 9.43. The zero-order chi connectivity index (χ0) is 14.3. The molecule has 5 heteroatoms. The SMILES string of the molecule is CS(=O)(=O)c1ccc(-c2cc3cc(Cl)ccc3[nH]2)cc1. The number of hydrogen-bond donors (Lipinski definition) is 1. The highest BCUT2D eigenvalue weighted by atomic mass is 35.5. The van der Waals surface area contributed by atoms with Crippen LogP contribution in [0.2, 0.25) is 5.02 Å². The van der Waals surface area contributed by atoms with E-state index in [-0.39, 0.29) is 0 Å². The van der Waals surface area contributed by atoms with E-state index in [1.54, 1.807) is 24.3 Å². The summed E-state index contributed by atoms with van der Waals surface area (Å²) in [5.74, 6) is 0. The van der Waals surface area contributed by atoms with Crippen LogP contribution in [0.15, 0.2) is 53.4 Å². The van der Waals surface area contributed by atoms with Gasteiger partial charge in [-0.05, 0) is 42.0 Å². The van der Waals surface area contributed by atoms with Crippen LogP contribution >= 0.6 is 11.6 Å². The van der Waals surface area contributed by atoms with Gasteiger partial charge in [0, 0.05) is 27.9 Å². The first kappa shape index (κ1) is 13.2. The van der Waals surface area contributed by atoms with Crippen molar-refractivity contribution in [3.8, 4) is 11.3 Å². The lowest BCUT2D eigenvalue weighted by molar-refractivity contribution is 0.602. The highest BCUT2D eigenvalue weighted by Crippen LogP contribution is 2.26. The number of hydrogen-bond acceptors (Lipinski definition) is 2. The van der Waals surface area contributed by atoms with Crippen molar-refractivity contribution in [3.05, 3.63) is 53.6 Å². The molecule has 0 radical (unpaired) electrons. The summed E-state index contributed by atoms with van der Waals surface area (Å²) in [6, 6.07) is 14.5. The normalized spacial score (nSPS) is 11.9. The van der Waals surface area contributed by atoms with Gasteiger partial charge in [0.05, 0.1) is 4.90 Å². The molecule has 0 spiro atoms. The summed E-state index contributed by atoms with van der Waals surface area (Å²) >= 11 is 5.96. The van der Waals surface area contributed by atoms with Crippen molar-refractivity contribution >= 4 is 32.3 Å². The van der Waals surface area contributed by atoms with Crippen molar-refractivity contribution in [2.24, 2.45) is 0 Å². The Morgan fingerprint density at radius 2 is 1.70 bits per heavy atom. The van der Waals surface area contributed by atoms with Crippen LogP contribution in [-0.2, 0) is 9.84 Å². The number of aromatic amines is 1. The minimum atomic E-state index is -3.16. The minimum absolute atomic E-state index is 0.320. The Labute approximate surface area is 122 Å². The van der Waals surface area contributed by atoms with Gasteiger partial charge in [-0.3, -0.25) is 0 Å². The van der Waals surface area contributed by atoms with Gasteiger partial charge in [-0.2, -0.15) is 0 Å². The van der Waals surface area contributed by atoms with Crippen molar-refractivity contribution in [3.63, 3.8) is 0 Å². The molecule has 0 saturated heterocycles. The lowest BCUT2D eigenvalue weighted by Gasteiger charge is -2.00. The molecule has 0 fully saturated rings. The van der Waals surface area contributed by atoms with Crippen LogP contribution in [0.1, 0.15) is 0 Å². The maximum absolute atomic E-state index is 11.4. The van der Waals surface area contributed by atoms with E-state index < -0.39 is 9.84 Å². The van der Waals surface area contributed by atoms with E-state index >= 15 is 0 Å². The summed E-state index contributed by atoms with van der Waals surface area (Å²) in [6.07, 6.45) is 1.20. The average Bonchev–Trinajstić information content (AvgIpc) is 2.80. The van der Waals surface area contributed by atoms with Gasteiger partial charge in [0.1, 0.15) is 0 Å². The lowest BCUT2D eigenvalue weighted by Crippen LogP contribution is -1.96. The molecule has 102 valence electrons. The van der Waals surface area contributed by atoms with Gasteiger partial charge in [0.15, 0.2) is 9.84 Å². The Hall–Kier alpha value is -1.78. The molecule has 1 N–H and O–H groups in total. The number of fused-ring (bicyclic) bond motifs is 1. The molecule has 0 bridgehead atoms. The molecule has 3 nitrogen and oxygen atoms in total. The van der Waals surface area contributed by atoms with Crippen LogP contribution < -0.4 is 0 Å². The fourth-order valence-corrected chi connectivity index (χ4v) is 2.95. The van der Waals surface area contributed by atoms with E-state index in [0.717, 1.165) is 22.2 Å². The van der Waals surface area contributed by atoms with E-state index in [1.807, 2.05) is 24.3 Å². The second-order valence-electron chi connectivity index (χ2n) is 4.71. The second kappa shape index (κ2) is 4.65. The Kier molecular flexibility index (Phi) is 3.07. The molecule has 3 aromatic rings. The first-order valence-electron chi connectivity index (χ1n) is 6.02. The molecule has 0 unspecified atom stereocenters. The van der Waals surface area contributed by atoms with Gasteiger partial charge < -0.3 is 4.98 Å². The van der Waals surface area contributed by atoms with Crippen LogP contribution in [0.3, 0.4) is 0 Å². The molecule has 0 saturated carbocycles. The summed E-state index contributed by atoms with van der Waals surface area (Å²) in [4.78, 5) is 3.61. The number of H-pyrrole nitrogens is 1. The van der Waals surface area contributed by atoms with Gasteiger partial charge in [0.25, 0.3) is 0 Å². The van der Waals surface area contributed by atoms with Gasteiger partial charge in [0.2, 0.25) is 0 Å². The largest absolute Gasteiger partial charge is 0.355 e. The first-order valence-corrected chi connectivity index (χ1v) is 8.29. The number of rotatable bonds is 2. The second-order valence-corrected chi connectivity index (χ2v) is 7.16. The van der Waals surface area contributed by atoms with Crippen LogP contribution in [0.5, 0.6) is 0 Å². The van der Waals surface area contributed by atoms with Crippen LogP contribution in [0, 0.1) is 0 Å². The zero-order valence-corrected chi connectivity index (χ0v) is 12.3. The number of halogens is 1. The third-order valence-electron chi connectivity index (χ3n) is 3.18. The molecule has 0 aliphatic rings. The number of aromatic nitrogens is 1. The summed E-state index contributed by atoms with van der Waals surface area (Å²) < 4.78 is 22.9. The molecule has 20 heavy (non-hydrogen) atoms. The van der Waals surface area contributed by atoms with Gasteiger partial charge in [-0.25, -0.2) is 8.42 Å². The molecule has 0 aliphatic heterocycles. The molecule has 0 atom stereocenters. The monoisotopic (exact) mass is 305 g/mol. The Morgan fingerprint density at radius 1 is 1.00 bits per heavy atom. The molecular formula is C15H12ClNO2S. The van der Waals surface area contributed by atoms with E-state index in [1.165, 1.54) is 6.26 Å². The van der Waals surface area contributed by atoms with Crippen molar-refractivity contribution in [1.29, 1.82) is 0 Å². The van der Waals surface area contributed by atoms with Crippen molar-refractivity contribution in [1.82, 2.24) is 4.98 Å². The summed E-state index contributed by atoms with van der Waals surface area (Å²) in [5, 5.41) is 1.72. The molecule has 0 amide bonds. The third kappa shape index (κ3) is 2.44. The molecule has 1 heterocycles. The number of benzene rings is 2. The lowest BCUT2D eigenvalue weighted by atomic mass is 10.1. The highest BCUT2D eigenvalue weighted by Gasteiger charge is 2.08. The van der Waals surface area contributed by atoms with Crippen molar-refractivity contribution in [2.45, 2.75) is 4.90 Å². The standard InChI is InChI=1S/C15H12ClNO2S/c1-20(18,19)13-5-2-10(3-6-13)15-9-11-8-12(16)4-7-14(11)17-15/h2-9,17H,1H3. The predicted molar refractivity (Wildman–Crippen MR) is 81.9 cm³/mol. The fourth-order valence-electron chi connectivity index (χ4n) is 2.14. The van der Waals surface area contributed by atoms with E-state index in [0.29, 0.717) is 9.92 Å². The van der Waals surface area contributed by atoms with Gasteiger partial charge in [-0.1, -0.05) is 23.7 Å². The molecule has 0 aliphatic carbocycles. The topological polar surface area (TPSA) is 49.9 Å². The van der Waals surface area contributed by atoms with Gasteiger partial charge >= 0.3 is 0 Å². The zero-order valence-electron chi connectivity index (χ0n) is 10.7. The molecule has 2 aromatic carbocycles. The molecule has 3 rings (SSSR count). The fraction of sp³-hybridized carbons (Fsp3) is 0.0667. The highest BCUT2D eigenvalue weighted by molar-refractivity contribution is 7.90. The summed E-state index contributed by atoms with van der Waals surface area (Å²) in [5.41, 5.74) is 2.86. The maximum Gasteiger partial charge on any atom is 0.175 e. The van der Waals surface area contributed by atoms with Crippen LogP contribution in [0.4, 0.5) is 0 Å². The third-order valence-corrected chi connectivity index (χ3v) is 4.54. The van der Waals surface area contributed by atoms with E-state index in [9.17, 15) is 8.42 Å². The maximum atomic E-state index is 11.4. The van der Waals surface area contributed by atoms with Crippen molar-refractivity contribution in [2.75, 3.05) is 6.26 Å². The van der Waals surface area contributed by atoms with Crippen LogP contribution in [-0.4, -0.2) is 19.7 Å². The number of nitrogens with one attached hydrogen (secondary N) is 1. The van der Waals surface area contributed by atoms with Crippen molar-refractivity contribution < 1.29 is 8.42 Å². The van der Waals surface area contributed by atoms with Crippen LogP contribution in [0.25, 0.3) is 22.2 Å². The quantitative estimate of drug-likeness (QED) is 0.781. The molecule has 1 aromatic heterocycles. The Morgan fingerprint density at radius 3 is 2.35 bits per heavy atom. The minimum Gasteiger partial charge on any atom is -0.355 e. The summed E-state index contributed by atoms with van der Waals surface area (Å²) in [7, 11) is -3.16. The van der Waals surface area contributed by atoms with Gasteiger partial charge in [-0.15, -0.1) is 0 Å². The van der Waals surface area contributed by atoms with E-state index in [4.69, 9.17) is 11.6 Å². The molecular weight excluding hydrogens is 294 g/mol. The Balaban J connectivity index is 2.07. The average molecular weight is 306 g/mol. The summed E-state index contributed by atoms with van der Waals surface area (Å²) in [6.45, 7) is 0. The number of sulfone groups is 1.